The van der Waals surface area contributed by atoms with Crippen LogP contribution >= 0.6 is 12.2 Å². The van der Waals surface area contributed by atoms with Crippen molar-refractivity contribution < 1.29 is 9.18 Å². The zero-order valence-electron chi connectivity index (χ0n) is 20.7. The number of pyridine rings is 1. The van der Waals surface area contributed by atoms with Crippen molar-refractivity contribution >= 4 is 23.0 Å². The molecular formula is C29H36FN3OS. The molecule has 4 bridgehead atoms. The largest absolute Gasteiger partial charge is 0.377 e. The highest BCUT2D eigenvalue weighted by atomic mass is 32.1. The Morgan fingerprint density at radius 2 is 1.77 bits per heavy atom. The summed E-state index contributed by atoms with van der Waals surface area (Å²) in [5.41, 5.74) is 8.56. The number of halogens is 1. The van der Waals surface area contributed by atoms with Gasteiger partial charge in [-0.25, -0.2) is 4.39 Å². The Morgan fingerprint density at radius 1 is 1.14 bits per heavy atom. The number of aromatic nitrogens is 1. The smallest absolute Gasteiger partial charge is 0.143 e. The average molecular weight is 494 g/mol. The molecule has 4 saturated carbocycles. The van der Waals surface area contributed by atoms with Gasteiger partial charge in [0.2, 0.25) is 0 Å². The SMILES string of the molecule is CC(C)(CNC(=S)C(N)C1C2CC3CC1CC(C(=O)Cc1ccncc1)(C3)C2)c1ccc(F)cc1. The van der Waals surface area contributed by atoms with Crippen LogP contribution in [0.1, 0.15) is 57.1 Å². The molecule has 3 N–H and O–H groups in total. The van der Waals surface area contributed by atoms with Crippen LogP contribution in [-0.4, -0.2) is 28.3 Å². The molecule has 1 aromatic carbocycles. The minimum absolute atomic E-state index is 0.185. The number of Topliss-reactive ketones (excluding diaryl/α,β-unsaturated/α-hetero) is 1. The van der Waals surface area contributed by atoms with Crippen molar-refractivity contribution in [1.82, 2.24) is 10.3 Å². The highest BCUT2D eigenvalue weighted by Gasteiger charge is 2.59. The lowest BCUT2D eigenvalue weighted by molar-refractivity contribution is -0.150. The van der Waals surface area contributed by atoms with Gasteiger partial charge in [-0.1, -0.05) is 38.2 Å². The Labute approximate surface area is 213 Å². The van der Waals surface area contributed by atoms with Gasteiger partial charge in [0.1, 0.15) is 11.6 Å². The third-order valence-electron chi connectivity index (χ3n) is 9.10. The first kappa shape index (κ1) is 24.5. The second-order valence-corrected chi connectivity index (χ2v) is 12.4. The molecule has 3 atom stereocenters. The van der Waals surface area contributed by atoms with Gasteiger partial charge in [-0.3, -0.25) is 9.78 Å². The molecule has 6 rings (SSSR count). The van der Waals surface area contributed by atoms with Gasteiger partial charge in [0, 0.05) is 36.2 Å². The van der Waals surface area contributed by atoms with Crippen LogP contribution < -0.4 is 11.1 Å². The summed E-state index contributed by atoms with van der Waals surface area (Å²) < 4.78 is 13.4. The highest BCUT2D eigenvalue weighted by molar-refractivity contribution is 7.80. The molecule has 1 aromatic heterocycles. The van der Waals surface area contributed by atoms with Gasteiger partial charge < -0.3 is 11.1 Å². The highest BCUT2D eigenvalue weighted by Crippen LogP contribution is 2.63. The zero-order valence-corrected chi connectivity index (χ0v) is 21.5. The summed E-state index contributed by atoms with van der Waals surface area (Å²) in [6.45, 7) is 4.90. The van der Waals surface area contributed by atoms with Crippen LogP contribution in [0.5, 0.6) is 0 Å². The summed E-state index contributed by atoms with van der Waals surface area (Å²) in [5, 5.41) is 3.45. The first-order valence-corrected chi connectivity index (χ1v) is 13.3. The number of hydrogen-bond donors (Lipinski definition) is 2. The molecular weight excluding hydrogens is 457 g/mol. The van der Waals surface area contributed by atoms with Crippen molar-refractivity contribution in [3.05, 3.63) is 65.7 Å². The maximum atomic E-state index is 13.5. The first-order chi connectivity index (χ1) is 16.7. The lowest BCUT2D eigenvalue weighted by Crippen LogP contribution is -2.60. The molecule has 4 nitrogen and oxygen atoms in total. The molecule has 0 spiro atoms. The van der Waals surface area contributed by atoms with Gasteiger partial charge in [0.15, 0.2) is 0 Å². The predicted octanol–water partition coefficient (Wildman–Crippen LogP) is 5.00. The number of benzene rings is 1. The Balaban J connectivity index is 1.24. The third kappa shape index (κ3) is 4.79. The Kier molecular flexibility index (Phi) is 6.56. The van der Waals surface area contributed by atoms with Crippen LogP contribution in [0, 0.1) is 34.9 Å². The summed E-state index contributed by atoms with van der Waals surface area (Å²) in [5.74, 6) is 2.06. The van der Waals surface area contributed by atoms with Gasteiger partial charge >= 0.3 is 0 Å². The monoisotopic (exact) mass is 493 g/mol. The van der Waals surface area contributed by atoms with Crippen molar-refractivity contribution in [1.29, 1.82) is 0 Å². The molecule has 0 radical (unpaired) electrons. The molecule has 6 heteroatoms. The topological polar surface area (TPSA) is 68.0 Å². The lowest BCUT2D eigenvalue weighted by Gasteiger charge is -2.60. The molecule has 0 saturated heterocycles. The van der Waals surface area contributed by atoms with E-state index in [0.29, 0.717) is 42.4 Å². The number of rotatable bonds is 8. The lowest BCUT2D eigenvalue weighted by atomic mass is 9.44. The molecule has 0 aliphatic heterocycles. The number of ketones is 1. The maximum absolute atomic E-state index is 13.5. The van der Waals surface area contributed by atoms with E-state index in [2.05, 4.69) is 24.1 Å². The van der Waals surface area contributed by atoms with E-state index in [0.717, 1.165) is 35.4 Å². The van der Waals surface area contributed by atoms with Gasteiger partial charge in [-0.2, -0.15) is 0 Å². The summed E-state index contributed by atoms with van der Waals surface area (Å²) in [7, 11) is 0. The molecule has 2 aromatic rings. The number of carbonyl (C=O) groups is 1. The van der Waals surface area contributed by atoms with Gasteiger partial charge in [0.05, 0.1) is 11.0 Å². The summed E-state index contributed by atoms with van der Waals surface area (Å²) in [6.07, 6.45) is 9.32. The summed E-state index contributed by atoms with van der Waals surface area (Å²) >= 11 is 5.81. The fourth-order valence-corrected chi connectivity index (χ4v) is 7.70. The fourth-order valence-electron chi connectivity index (χ4n) is 7.47. The average Bonchev–Trinajstić information content (AvgIpc) is 2.82. The predicted molar refractivity (Wildman–Crippen MR) is 140 cm³/mol. The van der Waals surface area contributed by atoms with Crippen molar-refractivity contribution in [3.63, 3.8) is 0 Å². The first-order valence-electron chi connectivity index (χ1n) is 12.9. The van der Waals surface area contributed by atoms with E-state index in [4.69, 9.17) is 18.0 Å². The van der Waals surface area contributed by atoms with Crippen molar-refractivity contribution in [2.75, 3.05) is 6.54 Å². The minimum atomic E-state index is -0.228. The normalized spacial score (nSPS) is 30.2. The number of thiocarbonyl (C=S) groups is 1. The summed E-state index contributed by atoms with van der Waals surface area (Å²) in [4.78, 5) is 18.3. The molecule has 4 fully saturated rings. The number of nitrogens with zero attached hydrogens (tertiary/aromatic N) is 1. The van der Waals surface area contributed by atoms with E-state index in [1.807, 2.05) is 24.3 Å². The third-order valence-corrected chi connectivity index (χ3v) is 9.52. The molecule has 186 valence electrons. The van der Waals surface area contributed by atoms with Crippen LogP contribution in [0.4, 0.5) is 4.39 Å². The van der Waals surface area contributed by atoms with E-state index in [-0.39, 0.29) is 22.7 Å². The number of hydrogen-bond acceptors (Lipinski definition) is 4. The molecule has 3 unspecified atom stereocenters. The number of carbonyl (C=O) groups excluding carboxylic acids is 1. The zero-order chi connectivity index (χ0) is 24.8. The van der Waals surface area contributed by atoms with E-state index >= 15 is 0 Å². The van der Waals surface area contributed by atoms with Crippen molar-refractivity contribution in [2.45, 2.75) is 63.8 Å². The summed E-state index contributed by atoms with van der Waals surface area (Å²) in [6, 6.07) is 10.4. The Hall–Kier alpha value is -2.18. The Bertz CT molecular complexity index is 1070. The Morgan fingerprint density at radius 3 is 2.40 bits per heavy atom. The van der Waals surface area contributed by atoms with Gasteiger partial charge in [-0.05, 0) is 91.2 Å². The molecule has 4 aliphatic rings. The molecule has 1 heterocycles. The van der Waals surface area contributed by atoms with Crippen LogP contribution in [-0.2, 0) is 16.6 Å². The second kappa shape index (κ2) is 9.36. The fraction of sp³-hybridized carbons (Fsp3) is 0.552. The van der Waals surface area contributed by atoms with Crippen LogP contribution in [0.25, 0.3) is 0 Å². The number of nitrogens with one attached hydrogen (secondary N) is 1. The van der Waals surface area contributed by atoms with Crippen LogP contribution in [0.15, 0.2) is 48.8 Å². The van der Waals surface area contributed by atoms with Crippen LogP contribution in [0.3, 0.4) is 0 Å². The quantitative estimate of drug-likeness (QED) is 0.507. The van der Waals surface area contributed by atoms with E-state index in [1.165, 1.54) is 25.0 Å². The van der Waals surface area contributed by atoms with Crippen LogP contribution in [0.2, 0.25) is 0 Å². The molecule has 0 amide bonds. The number of nitrogens with two attached hydrogens (primary N) is 1. The minimum Gasteiger partial charge on any atom is -0.377 e. The van der Waals surface area contributed by atoms with Crippen molar-refractivity contribution in [2.24, 2.45) is 34.8 Å². The molecule has 4 aliphatic carbocycles. The maximum Gasteiger partial charge on any atom is 0.143 e. The van der Waals surface area contributed by atoms with Gasteiger partial charge in [0.25, 0.3) is 0 Å². The standard InChI is InChI=1S/C29H36FN3OS/c1-28(2,22-3-5-23(30)6-4-22)17-33-27(35)26(31)25-20-11-19-12-21(25)16-29(14-19,15-20)24(34)13-18-7-9-32-10-8-18/h3-10,19-21,25-26H,11-17,31H2,1-2H3,(H,33,35). The van der Waals surface area contributed by atoms with E-state index in [1.54, 1.807) is 12.4 Å². The van der Waals surface area contributed by atoms with Gasteiger partial charge in [-0.15, -0.1) is 0 Å². The van der Waals surface area contributed by atoms with E-state index in [9.17, 15) is 9.18 Å². The molecule has 35 heavy (non-hydrogen) atoms. The second-order valence-electron chi connectivity index (χ2n) is 11.9. The van der Waals surface area contributed by atoms with E-state index < -0.39 is 0 Å². The van der Waals surface area contributed by atoms with Crippen molar-refractivity contribution in [3.8, 4) is 0 Å².